The summed E-state index contributed by atoms with van der Waals surface area (Å²) in [6.45, 7) is 11.9. The predicted octanol–water partition coefficient (Wildman–Crippen LogP) is 2.50. The SMILES string of the molecule is CC(C)CCCCN1CCNC(C)CC1. The first kappa shape index (κ1) is 13.0. The Hall–Kier alpha value is -0.0800. The molecule has 1 saturated heterocycles. The largest absolute Gasteiger partial charge is 0.313 e. The maximum Gasteiger partial charge on any atom is 0.0107 e. The lowest BCUT2D eigenvalue weighted by Crippen LogP contribution is -2.29. The molecule has 0 spiro atoms. The van der Waals surface area contributed by atoms with Gasteiger partial charge in [0.25, 0.3) is 0 Å². The van der Waals surface area contributed by atoms with Crippen LogP contribution in [0, 0.1) is 5.92 Å². The first-order valence-electron chi connectivity index (χ1n) is 6.64. The lowest BCUT2D eigenvalue weighted by molar-refractivity contribution is 0.281. The second-order valence-corrected chi connectivity index (χ2v) is 5.38. The summed E-state index contributed by atoms with van der Waals surface area (Å²) in [4.78, 5) is 2.62. The van der Waals surface area contributed by atoms with E-state index < -0.39 is 0 Å². The minimum absolute atomic E-state index is 0.714. The Morgan fingerprint density at radius 3 is 2.80 bits per heavy atom. The number of nitrogens with zero attached hydrogens (tertiary/aromatic N) is 1. The van der Waals surface area contributed by atoms with Crippen molar-refractivity contribution in [2.45, 2.75) is 52.5 Å². The van der Waals surface area contributed by atoms with Gasteiger partial charge in [-0.15, -0.1) is 0 Å². The predicted molar refractivity (Wildman–Crippen MR) is 67.2 cm³/mol. The highest BCUT2D eigenvalue weighted by Gasteiger charge is 2.11. The van der Waals surface area contributed by atoms with E-state index in [-0.39, 0.29) is 0 Å². The zero-order chi connectivity index (χ0) is 11.1. The second-order valence-electron chi connectivity index (χ2n) is 5.38. The molecule has 1 aliphatic rings. The van der Waals surface area contributed by atoms with E-state index in [4.69, 9.17) is 0 Å². The van der Waals surface area contributed by atoms with E-state index in [0.717, 1.165) is 5.92 Å². The molecule has 1 heterocycles. The maximum absolute atomic E-state index is 3.54. The second kappa shape index (κ2) is 7.24. The van der Waals surface area contributed by atoms with E-state index in [1.54, 1.807) is 0 Å². The van der Waals surface area contributed by atoms with Crippen molar-refractivity contribution < 1.29 is 0 Å². The van der Waals surface area contributed by atoms with Crippen LogP contribution in [0.1, 0.15) is 46.5 Å². The van der Waals surface area contributed by atoms with Gasteiger partial charge < -0.3 is 10.2 Å². The third kappa shape index (κ3) is 6.16. The molecule has 0 aromatic rings. The Morgan fingerprint density at radius 2 is 2.07 bits per heavy atom. The quantitative estimate of drug-likeness (QED) is 0.704. The Bertz CT molecular complexity index is 157. The van der Waals surface area contributed by atoms with Crippen molar-refractivity contribution in [1.29, 1.82) is 0 Å². The van der Waals surface area contributed by atoms with Crippen LogP contribution in [0.2, 0.25) is 0 Å². The highest BCUT2D eigenvalue weighted by Crippen LogP contribution is 2.08. The molecule has 1 unspecified atom stereocenters. The van der Waals surface area contributed by atoms with Gasteiger partial charge in [-0.3, -0.25) is 0 Å². The van der Waals surface area contributed by atoms with Crippen molar-refractivity contribution in [3.8, 4) is 0 Å². The minimum Gasteiger partial charge on any atom is -0.313 e. The van der Waals surface area contributed by atoms with Crippen LogP contribution >= 0.6 is 0 Å². The summed E-state index contributed by atoms with van der Waals surface area (Å²) in [6.07, 6.45) is 5.48. The standard InChI is InChI=1S/C13H28N2/c1-12(2)6-4-5-9-15-10-7-13(3)14-8-11-15/h12-14H,4-11H2,1-3H3. The summed E-state index contributed by atoms with van der Waals surface area (Å²) in [6, 6.07) is 0.714. The van der Waals surface area contributed by atoms with Gasteiger partial charge in [0.1, 0.15) is 0 Å². The first-order valence-corrected chi connectivity index (χ1v) is 6.64. The Morgan fingerprint density at radius 1 is 1.27 bits per heavy atom. The van der Waals surface area contributed by atoms with E-state index in [9.17, 15) is 0 Å². The third-order valence-corrected chi connectivity index (χ3v) is 3.30. The van der Waals surface area contributed by atoms with Gasteiger partial charge in [0, 0.05) is 19.1 Å². The molecule has 2 heteroatoms. The van der Waals surface area contributed by atoms with Crippen LogP contribution in [0.4, 0.5) is 0 Å². The molecule has 1 fully saturated rings. The lowest BCUT2D eigenvalue weighted by Gasteiger charge is -2.19. The van der Waals surface area contributed by atoms with E-state index in [2.05, 4.69) is 31.0 Å². The highest BCUT2D eigenvalue weighted by atomic mass is 15.2. The molecule has 0 aromatic heterocycles. The van der Waals surface area contributed by atoms with Crippen molar-refractivity contribution >= 4 is 0 Å². The van der Waals surface area contributed by atoms with E-state index in [1.807, 2.05) is 0 Å². The Kier molecular flexibility index (Phi) is 6.26. The van der Waals surface area contributed by atoms with Crippen LogP contribution in [0.3, 0.4) is 0 Å². The van der Waals surface area contributed by atoms with Crippen molar-refractivity contribution in [2.24, 2.45) is 5.92 Å². The van der Waals surface area contributed by atoms with Gasteiger partial charge in [0.2, 0.25) is 0 Å². The molecule has 0 aliphatic carbocycles. The first-order chi connectivity index (χ1) is 7.18. The fourth-order valence-corrected chi connectivity index (χ4v) is 2.17. The summed E-state index contributed by atoms with van der Waals surface area (Å²) in [5.74, 6) is 0.871. The summed E-state index contributed by atoms with van der Waals surface area (Å²) < 4.78 is 0. The maximum atomic E-state index is 3.54. The van der Waals surface area contributed by atoms with Gasteiger partial charge in [-0.2, -0.15) is 0 Å². The molecule has 0 bridgehead atoms. The molecule has 0 radical (unpaired) electrons. The van der Waals surface area contributed by atoms with Gasteiger partial charge in [0.15, 0.2) is 0 Å². The molecule has 1 rings (SSSR count). The lowest BCUT2D eigenvalue weighted by atomic mass is 10.1. The zero-order valence-corrected chi connectivity index (χ0v) is 10.8. The average Bonchev–Trinajstić information content (AvgIpc) is 2.38. The van der Waals surface area contributed by atoms with Crippen LogP contribution in [-0.2, 0) is 0 Å². The smallest absolute Gasteiger partial charge is 0.0107 e. The van der Waals surface area contributed by atoms with Gasteiger partial charge in [-0.25, -0.2) is 0 Å². The molecule has 15 heavy (non-hydrogen) atoms. The van der Waals surface area contributed by atoms with Crippen LogP contribution in [0.15, 0.2) is 0 Å². The molecule has 90 valence electrons. The monoisotopic (exact) mass is 212 g/mol. The fraction of sp³-hybridized carbons (Fsp3) is 1.00. The minimum atomic E-state index is 0.714. The normalized spacial score (nSPS) is 24.4. The number of hydrogen-bond donors (Lipinski definition) is 1. The van der Waals surface area contributed by atoms with Crippen molar-refractivity contribution in [1.82, 2.24) is 10.2 Å². The molecule has 2 nitrogen and oxygen atoms in total. The Balaban J connectivity index is 2.05. The summed E-state index contributed by atoms with van der Waals surface area (Å²) in [5.41, 5.74) is 0. The summed E-state index contributed by atoms with van der Waals surface area (Å²) >= 11 is 0. The fourth-order valence-electron chi connectivity index (χ4n) is 2.17. The van der Waals surface area contributed by atoms with E-state index >= 15 is 0 Å². The summed E-state index contributed by atoms with van der Waals surface area (Å²) in [7, 11) is 0. The van der Waals surface area contributed by atoms with E-state index in [1.165, 1.54) is 51.9 Å². The zero-order valence-electron chi connectivity index (χ0n) is 10.8. The van der Waals surface area contributed by atoms with Crippen molar-refractivity contribution in [3.05, 3.63) is 0 Å². The van der Waals surface area contributed by atoms with Gasteiger partial charge in [-0.1, -0.05) is 26.7 Å². The highest BCUT2D eigenvalue weighted by molar-refractivity contribution is 4.71. The van der Waals surface area contributed by atoms with Crippen LogP contribution in [-0.4, -0.2) is 37.1 Å². The number of hydrogen-bond acceptors (Lipinski definition) is 2. The molecular weight excluding hydrogens is 184 g/mol. The molecule has 1 atom stereocenters. The van der Waals surface area contributed by atoms with Gasteiger partial charge in [0.05, 0.1) is 0 Å². The molecule has 0 aromatic carbocycles. The topological polar surface area (TPSA) is 15.3 Å². The summed E-state index contributed by atoms with van der Waals surface area (Å²) in [5, 5.41) is 3.54. The van der Waals surface area contributed by atoms with Crippen molar-refractivity contribution in [3.63, 3.8) is 0 Å². The molecule has 0 amide bonds. The average molecular weight is 212 g/mol. The Labute approximate surface area is 95.4 Å². The van der Waals surface area contributed by atoms with Crippen LogP contribution < -0.4 is 5.32 Å². The third-order valence-electron chi connectivity index (χ3n) is 3.30. The van der Waals surface area contributed by atoms with Crippen molar-refractivity contribution in [2.75, 3.05) is 26.2 Å². The number of nitrogens with one attached hydrogen (secondary N) is 1. The van der Waals surface area contributed by atoms with Crippen LogP contribution in [0.5, 0.6) is 0 Å². The number of rotatable bonds is 5. The molecule has 1 N–H and O–H groups in total. The van der Waals surface area contributed by atoms with Gasteiger partial charge >= 0.3 is 0 Å². The molecular formula is C13H28N2. The van der Waals surface area contributed by atoms with E-state index in [0.29, 0.717) is 6.04 Å². The van der Waals surface area contributed by atoms with Crippen LogP contribution in [0.25, 0.3) is 0 Å². The van der Waals surface area contributed by atoms with Gasteiger partial charge in [-0.05, 0) is 38.8 Å². The molecule has 0 saturated carbocycles. The molecule has 1 aliphatic heterocycles. The number of unbranched alkanes of at least 4 members (excludes halogenated alkanes) is 1.